The molecule has 0 fully saturated rings. The molecule has 0 spiro atoms. The Kier molecular flexibility index (Phi) is 4.79. The molecule has 11 heavy (non-hydrogen) atoms. The molecule has 0 aromatic rings. The highest BCUT2D eigenvalue weighted by atomic mass is 14.3. The molecule has 0 amide bonds. The molecule has 0 bridgehead atoms. The van der Waals surface area contributed by atoms with Crippen LogP contribution < -0.4 is 0 Å². The van der Waals surface area contributed by atoms with E-state index in [9.17, 15) is 0 Å². The van der Waals surface area contributed by atoms with Gasteiger partial charge >= 0.3 is 0 Å². The third-order valence-electron chi connectivity index (χ3n) is 2.62. The SMILES string of the molecule is CCCCC(CC)C(C)(C)C. The van der Waals surface area contributed by atoms with E-state index in [4.69, 9.17) is 0 Å². The molecule has 0 aromatic carbocycles. The summed E-state index contributed by atoms with van der Waals surface area (Å²) in [6.07, 6.45) is 5.49. The van der Waals surface area contributed by atoms with E-state index in [-0.39, 0.29) is 0 Å². The van der Waals surface area contributed by atoms with Crippen molar-refractivity contribution < 1.29 is 0 Å². The molecule has 1 unspecified atom stereocenters. The van der Waals surface area contributed by atoms with Gasteiger partial charge in [-0.2, -0.15) is 0 Å². The Bertz CT molecular complexity index is 86.7. The molecule has 0 nitrogen and oxygen atoms in total. The van der Waals surface area contributed by atoms with Gasteiger partial charge in [-0.15, -0.1) is 0 Å². The largest absolute Gasteiger partial charge is 0.0654 e. The van der Waals surface area contributed by atoms with Gasteiger partial charge in [0.1, 0.15) is 0 Å². The van der Waals surface area contributed by atoms with Gasteiger partial charge in [-0.3, -0.25) is 0 Å². The zero-order valence-electron chi connectivity index (χ0n) is 8.91. The normalized spacial score (nSPS) is 15.0. The molecule has 0 aliphatic rings. The van der Waals surface area contributed by atoms with Gasteiger partial charge in [-0.1, -0.05) is 53.9 Å². The average Bonchev–Trinajstić information content (AvgIpc) is 1.87. The van der Waals surface area contributed by atoms with Crippen LogP contribution in [-0.2, 0) is 0 Å². The first-order valence-electron chi connectivity index (χ1n) is 5.02. The second-order valence-electron chi connectivity index (χ2n) is 4.61. The van der Waals surface area contributed by atoms with E-state index in [0.717, 1.165) is 5.92 Å². The Morgan fingerprint density at radius 3 is 1.91 bits per heavy atom. The first-order chi connectivity index (χ1) is 5.02. The summed E-state index contributed by atoms with van der Waals surface area (Å²) in [5, 5.41) is 0. The van der Waals surface area contributed by atoms with Crippen LogP contribution in [0.2, 0.25) is 0 Å². The molecular formula is C11H24. The maximum Gasteiger partial charge on any atom is -0.0354 e. The fourth-order valence-corrected chi connectivity index (χ4v) is 1.70. The van der Waals surface area contributed by atoms with E-state index in [2.05, 4.69) is 34.6 Å². The molecule has 0 aliphatic carbocycles. The molecule has 0 N–H and O–H groups in total. The summed E-state index contributed by atoms with van der Waals surface area (Å²) in [7, 11) is 0. The molecule has 0 aliphatic heterocycles. The monoisotopic (exact) mass is 156 g/mol. The van der Waals surface area contributed by atoms with Gasteiger partial charge in [-0.25, -0.2) is 0 Å². The highest BCUT2D eigenvalue weighted by Gasteiger charge is 2.21. The minimum absolute atomic E-state index is 0.518. The number of rotatable bonds is 4. The van der Waals surface area contributed by atoms with Crippen LogP contribution in [0.25, 0.3) is 0 Å². The molecule has 1 atom stereocenters. The predicted molar refractivity (Wildman–Crippen MR) is 52.8 cm³/mol. The van der Waals surface area contributed by atoms with Gasteiger partial charge in [0.2, 0.25) is 0 Å². The molecule has 0 saturated carbocycles. The van der Waals surface area contributed by atoms with Crippen molar-refractivity contribution in [2.75, 3.05) is 0 Å². The molecule has 0 heteroatoms. The van der Waals surface area contributed by atoms with Crippen LogP contribution >= 0.6 is 0 Å². The molecule has 0 radical (unpaired) electrons. The van der Waals surface area contributed by atoms with Crippen LogP contribution in [0.3, 0.4) is 0 Å². The first kappa shape index (κ1) is 11.0. The quantitative estimate of drug-likeness (QED) is 0.571. The third-order valence-corrected chi connectivity index (χ3v) is 2.62. The lowest BCUT2D eigenvalue weighted by Gasteiger charge is -2.29. The van der Waals surface area contributed by atoms with Crippen LogP contribution in [0.4, 0.5) is 0 Å². The molecule has 0 heterocycles. The van der Waals surface area contributed by atoms with E-state index in [1.165, 1.54) is 25.7 Å². The Morgan fingerprint density at radius 2 is 1.64 bits per heavy atom. The standard InChI is InChI=1S/C11H24/c1-6-8-9-10(7-2)11(3,4)5/h10H,6-9H2,1-5H3. The van der Waals surface area contributed by atoms with Crippen molar-refractivity contribution in [2.24, 2.45) is 11.3 Å². The Balaban J connectivity index is 3.76. The van der Waals surface area contributed by atoms with Gasteiger partial charge in [-0.05, 0) is 17.8 Å². The fraction of sp³-hybridized carbons (Fsp3) is 1.00. The molecule has 68 valence electrons. The lowest BCUT2D eigenvalue weighted by Crippen LogP contribution is -2.19. The van der Waals surface area contributed by atoms with E-state index < -0.39 is 0 Å². The molecule has 0 saturated heterocycles. The van der Waals surface area contributed by atoms with Crippen molar-refractivity contribution in [3.63, 3.8) is 0 Å². The van der Waals surface area contributed by atoms with E-state index >= 15 is 0 Å². The number of hydrogen-bond donors (Lipinski definition) is 0. The van der Waals surface area contributed by atoms with Crippen molar-refractivity contribution in [3.05, 3.63) is 0 Å². The van der Waals surface area contributed by atoms with Crippen LogP contribution in [0, 0.1) is 11.3 Å². The van der Waals surface area contributed by atoms with Crippen LogP contribution in [0.15, 0.2) is 0 Å². The van der Waals surface area contributed by atoms with Gasteiger partial charge in [0.15, 0.2) is 0 Å². The van der Waals surface area contributed by atoms with Crippen molar-refractivity contribution >= 4 is 0 Å². The maximum atomic E-state index is 2.36. The zero-order chi connectivity index (χ0) is 8.91. The summed E-state index contributed by atoms with van der Waals surface area (Å²) in [5.74, 6) is 0.919. The summed E-state index contributed by atoms with van der Waals surface area (Å²) >= 11 is 0. The highest BCUT2D eigenvalue weighted by Crippen LogP contribution is 2.32. The average molecular weight is 156 g/mol. The van der Waals surface area contributed by atoms with Crippen molar-refractivity contribution in [2.45, 2.75) is 60.3 Å². The number of hydrogen-bond acceptors (Lipinski definition) is 0. The minimum atomic E-state index is 0.518. The summed E-state index contributed by atoms with van der Waals surface area (Å²) in [4.78, 5) is 0. The van der Waals surface area contributed by atoms with Crippen LogP contribution in [-0.4, -0.2) is 0 Å². The third kappa shape index (κ3) is 4.44. The number of unbranched alkanes of at least 4 members (excludes halogenated alkanes) is 1. The second-order valence-corrected chi connectivity index (χ2v) is 4.61. The Hall–Kier alpha value is 0. The topological polar surface area (TPSA) is 0 Å². The minimum Gasteiger partial charge on any atom is -0.0654 e. The second kappa shape index (κ2) is 4.79. The van der Waals surface area contributed by atoms with Crippen LogP contribution in [0.1, 0.15) is 60.3 Å². The molecule has 0 aromatic heterocycles. The fourth-order valence-electron chi connectivity index (χ4n) is 1.70. The van der Waals surface area contributed by atoms with Gasteiger partial charge in [0, 0.05) is 0 Å². The van der Waals surface area contributed by atoms with Crippen molar-refractivity contribution in [1.82, 2.24) is 0 Å². The van der Waals surface area contributed by atoms with E-state index in [1.807, 2.05) is 0 Å². The van der Waals surface area contributed by atoms with E-state index in [0.29, 0.717) is 5.41 Å². The van der Waals surface area contributed by atoms with Crippen molar-refractivity contribution in [3.8, 4) is 0 Å². The van der Waals surface area contributed by atoms with Gasteiger partial charge in [0.25, 0.3) is 0 Å². The van der Waals surface area contributed by atoms with Gasteiger partial charge < -0.3 is 0 Å². The summed E-state index contributed by atoms with van der Waals surface area (Å²) in [6, 6.07) is 0. The smallest absolute Gasteiger partial charge is 0.0354 e. The summed E-state index contributed by atoms with van der Waals surface area (Å²) < 4.78 is 0. The van der Waals surface area contributed by atoms with Crippen LogP contribution in [0.5, 0.6) is 0 Å². The Labute approximate surface area is 72.4 Å². The summed E-state index contributed by atoms with van der Waals surface area (Å²) in [5.41, 5.74) is 0.518. The maximum absolute atomic E-state index is 2.36. The molecule has 0 rings (SSSR count). The first-order valence-corrected chi connectivity index (χ1v) is 5.02. The van der Waals surface area contributed by atoms with Crippen molar-refractivity contribution in [1.29, 1.82) is 0 Å². The molecular weight excluding hydrogens is 132 g/mol. The van der Waals surface area contributed by atoms with Gasteiger partial charge in [0.05, 0.1) is 0 Å². The predicted octanol–water partition coefficient (Wildman–Crippen LogP) is 4.25. The highest BCUT2D eigenvalue weighted by molar-refractivity contribution is 4.72. The zero-order valence-corrected chi connectivity index (χ0v) is 8.91. The summed E-state index contributed by atoms with van der Waals surface area (Å²) in [6.45, 7) is 11.7. The van der Waals surface area contributed by atoms with E-state index in [1.54, 1.807) is 0 Å². The lowest BCUT2D eigenvalue weighted by molar-refractivity contribution is 0.214. The Morgan fingerprint density at radius 1 is 1.09 bits per heavy atom. The lowest BCUT2D eigenvalue weighted by atomic mass is 9.76.